The molecule has 11 heavy (non-hydrogen) atoms. The summed E-state index contributed by atoms with van der Waals surface area (Å²) in [6, 6.07) is 0. The fourth-order valence-corrected chi connectivity index (χ4v) is 1.50. The molecule has 1 aliphatic rings. The maximum atomic E-state index is 5.52. The molecule has 1 fully saturated rings. The Morgan fingerprint density at radius 1 is 0.909 bits per heavy atom. The molecule has 0 bridgehead atoms. The molecule has 1 saturated heterocycles. The van der Waals surface area contributed by atoms with Crippen molar-refractivity contribution in [1.82, 2.24) is 0 Å². The molecule has 1 nitrogen and oxygen atoms in total. The van der Waals surface area contributed by atoms with Crippen molar-refractivity contribution in [2.75, 3.05) is 0 Å². The molecule has 0 aromatic rings. The van der Waals surface area contributed by atoms with Gasteiger partial charge in [-0.1, -0.05) is 39.5 Å². The second kappa shape index (κ2) is 4.76. The first-order chi connectivity index (χ1) is 5.38. The highest BCUT2D eigenvalue weighted by Crippen LogP contribution is 2.30. The van der Waals surface area contributed by atoms with Crippen LogP contribution in [0.3, 0.4) is 0 Å². The van der Waals surface area contributed by atoms with Crippen LogP contribution in [0.15, 0.2) is 0 Å². The summed E-state index contributed by atoms with van der Waals surface area (Å²) in [4.78, 5) is 0. The van der Waals surface area contributed by atoms with Gasteiger partial charge >= 0.3 is 0 Å². The van der Waals surface area contributed by atoms with E-state index in [1.807, 2.05) is 0 Å². The summed E-state index contributed by atoms with van der Waals surface area (Å²) in [5.74, 6) is 0. The number of ether oxygens (including phenoxy) is 1. The molecule has 2 atom stereocenters. The smallest absolute Gasteiger partial charge is 0.0841 e. The van der Waals surface area contributed by atoms with Gasteiger partial charge in [0, 0.05) is 0 Å². The van der Waals surface area contributed by atoms with Gasteiger partial charge in [0.25, 0.3) is 0 Å². The summed E-state index contributed by atoms with van der Waals surface area (Å²) >= 11 is 0. The van der Waals surface area contributed by atoms with Gasteiger partial charge in [0.15, 0.2) is 0 Å². The molecule has 1 aliphatic heterocycles. The van der Waals surface area contributed by atoms with Gasteiger partial charge in [0.1, 0.15) is 0 Å². The Morgan fingerprint density at radius 3 is 1.73 bits per heavy atom. The molecule has 1 heterocycles. The van der Waals surface area contributed by atoms with E-state index in [0.717, 1.165) is 0 Å². The van der Waals surface area contributed by atoms with E-state index < -0.39 is 0 Å². The second-order valence-electron chi connectivity index (χ2n) is 3.50. The van der Waals surface area contributed by atoms with E-state index >= 15 is 0 Å². The molecule has 66 valence electrons. The molecular weight excluding hydrogens is 136 g/mol. The summed E-state index contributed by atoms with van der Waals surface area (Å²) < 4.78 is 5.52. The fraction of sp³-hybridized carbons (Fsp3) is 1.00. The minimum atomic E-state index is 0.640. The average molecular weight is 156 g/mol. The van der Waals surface area contributed by atoms with Crippen LogP contribution in [0.4, 0.5) is 0 Å². The fourth-order valence-electron chi connectivity index (χ4n) is 1.50. The highest BCUT2D eigenvalue weighted by molar-refractivity contribution is 4.83. The van der Waals surface area contributed by atoms with Crippen molar-refractivity contribution in [2.24, 2.45) is 0 Å². The van der Waals surface area contributed by atoms with Crippen LogP contribution in [0.1, 0.15) is 52.4 Å². The van der Waals surface area contributed by atoms with E-state index in [1.54, 1.807) is 0 Å². The monoisotopic (exact) mass is 156 g/mol. The van der Waals surface area contributed by atoms with E-state index in [0.29, 0.717) is 12.2 Å². The first-order valence-corrected chi connectivity index (χ1v) is 5.04. The Hall–Kier alpha value is -0.0400. The predicted octanol–water partition coefficient (Wildman–Crippen LogP) is 3.13. The topological polar surface area (TPSA) is 12.5 Å². The molecule has 0 saturated carbocycles. The molecule has 0 N–H and O–H groups in total. The lowest BCUT2D eigenvalue weighted by atomic mass is 10.1. The Kier molecular flexibility index (Phi) is 3.92. The molecule has 0 spiro atoms. The van der Waals surface area contributed by atoms with Crippen LogP contribution in [-0.2, 0) is 4.74 Å². The van der Waals surface area contributed by atoms with E-state index in [1.165, 1.54) is 38.5 Å². The van der Waals surface area contributed by atoms with Crippen LogP contribution in [0.2, 0.25) is 0 Å². The third-order valence-corrected chi connectivity index (χ3v) is 2.37. The second-order valence-corrected chi connectivity index (χ2v) is 3.50. The van der Waals surface area contributed by atoms with Crippen LogP contribution in [0, 0.1) is 0 Å². The molecule has 0 aromatic carbocycles. The van der Waals surface area contributed by atoms with Crippen molar-refractivity contribution in [3.8, 4) is 0 Å². The lowest BCUT2D eigenvalue weighted by molar-refractivity contribution is 0.350. The van der Waals surface area contributed by atoms with E-state index in [-0.39, 0.29) is 0 Å². The van der Waals surface area contributed by atoms with Crippen molar-refractivity contribution in [1.29, 1.82) is 0 Å². The third kappa shape index (κ3) is 3.24. The van der Waals surface area contributed by atoms with Crippen LogP contribution in [0.25, 0.3) is 0 Å². The first kappa shape index (κ1) is 9.05. The van der Waals surface area contributed by atoms with Gasteiger partial charge < -0.3 is 4.74 Å². The standard InChI is InChI=1S/C10H20O/c1-3-5-7-9-10(11-9)8-6-4-2/h9-10H,3-8H2,1-2H3. The zero-order chi connectivity index (χ0) is 8.10. The number of unbranched alkanes of at least 4 members (excludes halogenated alkanes) is 2. The number of epoxide rings is 1. The quantitative estimate of drug-likeness (QED) is 0.538. The number of hydrogen-bond acceptors (Lipinski definition) is 1. The molecule has 0 amide bonds. The third-order valence-electron chi connectivity index (χ3n) is 2.37. The average Bonchev–Trinajstić information content (AvgIpc) is 2.76. The molecule has 0 aliphatic carbocycles. The molecular formula is C10H20O. The van der Waals surface area contributed by atoms with Crippen molar-refractivity contribution in [3.05, 3.63) is 0 Å². The maximum absolute atomic E-state index is 5.52. The number of hydrogen-bond donors (Lipinski definition) is 0. The Bertz CT molecular complexity index is 89.0. The number of rotatable bonds is 6. The summed E-state index contributed by atoms with van der Waals surface area (Å²) in [5, 5.41) is 0. The molecule has 0 radical (unpaired) electrons. The van der Waals surface area contributed by atoms with Crippen LogP contribution in [-0.4, -0.2) is 12.2 Å². The van der Waals surface area contributed by atoms with Gasteiger partial charge in [-0.25, -0.2) is 0 Å². The summed E-state index contributed by atoms with van der Waals surface area (Å²) in [6.07, 6.45) is 9.17. The maximum Gasteiger partial charge on any atom is 0.0841 e. The van der Waals surface area contributed by atoms with Crippen LogP contribution in [0.5, 0.6) is 0 Å². The SMILES string of the molecule is CCCCC1OC1CCCC. The van der Waals surface area contributed by atoms with Gasteiger partial charge in [-0.05, 0) is 12.8 Å². The van der Waals surface area contributed by atoms with Crippen LogP contribution < -0.4 is 0 Å². The predicted molar refractivity (Wildman–Crippen MR) is 47.7 cm³/mol. The van der Waals surface area contributed by atoms with Gasteiger partial charge in [-0.15, -0.1) is 0 Å². The largest absolute Gasteiger partial charge is 0.370 e. The Labute approximate surface area is 70.1 Å². The van der Waals surface area contributed by atoms with Gasteiger partial charge in [0.2, 0.25) is 0 Å². The summed E-state index contributed by atoms with van der Waals surface area (Å²) in [7, 11) is 0. The molecule has 0 aromatic heterocycles. The highest BCUT2D eigenvalue weighted by atomic mass is 16.6. The highest BCUT2D eigenvalue weighted by Gasteiger charge is 2.36. The minimum Gasteiger partial charge on any atom is -0.370 e. The van der Waals surface area contributed by atoms with E-state index in [9.17, 15) is 0 Å². The Balaban J connectivity index is 1.89. The van der Waals surface area contributed by atoms with Gasteiger partial charge in [-0.3, -0.25) is 0 Å². The zero-order valence-corrected chi connectivity index (χ0v) is 7.81. The molecule has 2 unspecified atom stereocenters. The summed E-state index contributed by atoms with van der Waals surface area (Å²) in [6.45, 7) is 4.48. The minimum absolute atomic E-state index is 0.640. The van der Waals surface area contributed by atoms with Crippen molar-refractivity contribution < 1.29 is 4.74 Å². The normalized spacial score (nSPS) is 28.9. The van der Waals surface area contributed by atoms with Crippen molar-refractivity contribution >= 4 is 0 Å². The van der Waals surface area contributed by atoms with Gasteiger partial charge in [0.05, 0.1) is 12.2 Å². The Morgan fingerprint density at radius 2 is 1.36 bits per heavy atom. The van der Waals surface area contributed by atoms with E-state index in [2.05, 4.69) is 13.8 Å². The zero-order valence-electron chi connectivity index (χ0n) is 7.81. The molecule has 1 rings (SSSR count). The van der Waals surface area contributed by atoms with E-state index in [4.69, 9.17) is 4.74 Å². The summed E-state index contributed by atoms with van der Waals surface area (Å²) in [5.41, 5.74) is 0. The first-order valence-electron chi connectivity index (χ1n) is 5.04. The lowest BCUT2D eigenvalue weighted by Gasteiger charge is -1.92. The van der Waals surface area contributed by atoms with Crippen molar-refractivity contribution in [2.45, 2.75) is 64.6 Å². The van der Waals surface area contributed by atoms with Gasteiger partial charge in [-0.2, -0.15) is 0 Å². The van der Waals surface area contributed by atoms with Crippen molar-refractivity contribution in [3.63, 3.8) is 0 Å². The van der Waals surface area contributed by atoms with Crippen LogP contribution >= 0.6 is 0 Å². The lowest BCUT2D eigenvalue weighted by Crippen LogP contribution is -1.93. The molecule has 1 heteroatoms.